The second-order valence-corrected chi connectivity index (χ2v) is 5.20. The van der Waals surface area contributed by atoms with Gasteiger partial charge in [0.05, 0.1) is 5.75 Å². The fourth-order valence-electron chi connectivity index (χ4n) is 0.817. The minimum atomic E-state index is -2.98. The van der Waals surface area contributed by atoms with E-state index in [-0.39, 0.29) is 29.1 Å². The fourth-order valence-corrected chi connectivity index (χ4v) is 2.33. The molecule has 0 aliphatic heterocycles. The second-order valence-electron chi connectivity index (χ2n) is 2.53. The lowest BCUT2D eigenvalue weighted by Gasteiger charge is -2.02. The molecule has 3 nitrogen and oxygen atoms in total. The van der Waals surface area contributed by atoms with E-state index >= 15 is 0 Å². The molecule has 0 rings (SSSR count). The van der Waals surface area contributed by atoms with Crippen molar-refractivity contribution in [3.05, 3.63) is 0 Å². The van der Waals surface area contributed by atoms with E-state index in [4.69, 9.17) is 11.8 Å². The van der Waals surface area contributed by atoms with Gasteiger partial charge in [0.1, 0.15) is 9.84 Å². The van der Waals surface area contributed by atoms with Crippen molar-refractivity contribution < 1.29 is 12.9 Å². The molecule has 0 bridgehead atoms. The Hall–Kier alpha value is 0.130. The molecular formula is C6H13ClFNO2S. The molecule has 0 fully saturated rings. The Morgan fingerprint density at radius 2 is 2.00 bits per heavy atom. The Bertz CT molecular complexity index is 206. The number of halogens is 2. The Kier molecular flexibility index (Phi) is 5.78. The van der Waals surface area contributed by atoms with Crippen LogP contribution in [0.25, 0.3) is 0 Å². The summed E-state index contributed by atoms with van der Waals surface area (Å²) in [5.74, 6) is 0.176. The molecule has 0 saturated heterocycles. The van der Waals surface area contributed by atoms with Crippen LogP contribution in [0.3, 0.4) is 0 Å². The molecule has 0 saturated carbocycles. The van der Waals surface area contributed by atoms with Crippen LogP contribution in [0.2, 0.25) is 0 Å². The summed E-state index contributed by atoms with van der Waals surface area (Å²) in [7, 11) is -2.98. The van der Waals surface area contributed by atoms with Crippen LogP contribution in [0.4, 0.5) is 4.48 Å². The Balaban J connectivity index is 3.62. The van der Waals surface area contributed by atoms with Gasteiger partial charge in [-0.2, -0.15) is 0 Å². The van der Waals surface area contributed by atoms with E-state index in [1.54, 1.807) is 6.92 Å². The van der Waals surface area contributed by atoms with Crippen LogP contribution in [-0.4, -0.2) is 31.1 Å². The smallest absolute Gasteiger partial charge is 0.150 e. The monoisotopic (exact) mass is 217 g/mol. The Morgan fingerprint density at radius 1 is 1.42 bits per heavy atom. The zero-order valence-corrected chi connectivity index (χ0v) is 8.54. The first-order chi connectivity index (χ1) is 5.48. The van der Waals surface area contributed by atoms with E-state index in [0.717, 1.165) is 0 Å². The van der Waals surface area contributed by atoms with Crippen LogP contribution in [0, 0.1) is 0 Å². The van der Waals surface area contributed by atoms with Crippen molar-refractivity contribution in [2.45, 2.75) is 19.8 Å². The highest BCUT2D eigenvalue weighted by Gasteiger charge is 2.09. The number of sulfone groups is 1. The van der Waals surface area contributed by atoms with Gasteiger partial charge in [-0.15, -0.1) is 4.48 Å². The third kappa shape index (κ3) is 6.82. The van der Waals surface area contributed by atoms with Gasteiger partial charge in [-0.25, -0.2) is 8.42 Å². The van der Waals surface area contributed by atoms with Crippen molar-refractivity contribution in [3.8, 4) is 0 Å². The average Bonchev–Trinajstić information content (AvgIpc) is 1.85. The summed E-state index contributed by atoms with van der Waals surface area (Å²) in [4.78, 5) is 0. The molecule has 0 aromatic heterocycles. The van der Waals surface area contributed by atoms with E-state index in [2.05, 4.69) is 0 Å². The number of hydrogen-bond acceptors (Lipinski definition) is 3. The molecule has 0 amide bonds. The standard InChI is InChI=1S/C6H13ClFNO2S/c1-2-5-12(10,11)6-3-4-9(7)8/h2-6H2,1H3. The minimum absolute atomic E-state index is 0.00792. The molecule has 0 aromatic rings. The number of hydrogen-bond donors (Lipinski definition) is 0. The maximum Gasteiger partial charge on any atom is 0.150 e. The lowest BCUT2D eigenvalue weighted by Crippen LogP contribution is -2.14. The van der Waals surface area contributed by atoms with E-state index in [9.17, 15) is 12.9 Å². The number of nitrogens with zero attached hydrogens (tertiary/aromatic N) is 1. The first-order valence-corrected chi connectivity index (χ1v) is 5.93. The summed E-state index contributed by atoms with van der Waals surface area (Å²) in [6, 6.07) is 0. The molecule has 0 aliphatic carbocycles. The maximum absolute atomic E-state index is 11.9. The fraction of sp³-hybridized carbons (Fsp3) is 1.00. The molecule has 0 aromatic carbocycles. The van der Waals surface area contributed by atoms with E-state index in [1.165, 1.54) is 0 Å². The van der Waals surface area contributed by atoms with Gasteiger partial charge in [-0.05, 0) is 12.8 Å². The summed E-state index contributed by atoms with van der Waals surface area (Å²) in [6.45, 7) is 1.74. The SMILES string of the molecule is CCCS(=O)(=O)CCCN(F)Cl. The van der Waals surface area contributed by atoms with Crippen LogP contribution in [0.1, 0.15) is 19.8 Å². The first kappa shape index (κ1) is 12.1. The lowest BCUT2D eigenvalue weighted by molar-refractivity contribution is 0.147. The molecule has 0 radical (unpaired) electrons. The molecule has 0 atom stereocenters. The Labute approximate surface area is 77.5 Å². The largest absolute Gasteiger partial charge is 0.229 e. The van der Waals surface area contributed by atoms with Gasteiger partial charge in [0.25, 0.3) is 0 Å². The van der Waals surface area contributed by atoms with E-state index in [0.29, 0.717) is 6.42 Å². The average molecular weight is 218 g/mol. The molecule has 0 heterocycles. The van der Waals surface area contributed by atoms with Gasteiger partial charge in [0.2, 0.25) is 0 Å². The van der Waals surface area contributed by atoms with Crippen LogP contribution >= 0.6 is 11.8 Å². The number of rotatable bonds is 6. The maximum atomic E-state index is 11.9. The van der Waals surface area contributed by atoms with E-state index in [1.807, 2.05) is 0 Å². The topological polar surface area (TPSA) is 37.4 Å². The normalized spacial score (nSPS) is 12.3. The van der Waals surface area contributed by atoms with Crippen molar-refractivity contribution in [2.75, 3.05) is 18.1 Å². The highest BCUT2D eigenvalue weighted by atomic mass is 35.5. The molecule has 0 spiro atoms. The molecule has 0 unspecified atom stereocenters. The first-order valence-electron chi connectivity index (χ1n) is 3.77. The van der Waals surface area contributed by atoms with Crippen LogP contribution in [-0.2, 0) is 9.84 Å². The van der Waals surface area contributed by atoms with Gasteiger partial charge in [-0.1, -0.05) is 11.6 Å². The predicted octanol–water partition coefficient (Wildman–Crippen LogP) is 1.54. The quantitative estimate of drug-likeness (QED) is 0.634. The van der Waals surface area contributed by atoms with Crippen molar-refractivity contribution in [1.82, 2.24) is 4.64 Å². The summed E-state index contributed by atoms with van der Waals surface area (Å²) in [5.41, 5.74) is 0. The molecule has 6 heteroatoms. The van der Waals surface area contributed by atoms with Crippen molar-refractivity contribution in [1.29, 1.82) is 0 Å². The highest BCUT2D eigenvalue weighted by molar-refractivity contribution is 7.91. The minimum Gasteiger partial charge on any atom is -0.229 e. The molecule has 0 aliphatic rings. The Morgan fingerprint density at radius 3 is 2.42 bits per heavy atom. The van der Waals surface area contributed by atoms with Gasteiger partial charge in [0, 0.05) is 24.1 Å². The zero-order valence-electron chi connectivity index (χ0n) is 6.96. The van der Waals surface area contributed by atoms with Crippen LogP contribution < -0.4 is 0 Å². The molecule has 12 heavy (non-hydrogen) atoms. The third-order valence-corrected chi connectivity index (χ3v) is 3.41. The highest BCUT2D eigenvalue weighted by Crippen LogP contribution is 2.00. The van der Waals surface area contributed by atoms with Crippen LogP contribution in [0.5, 0.6) is 0 Å². The van der Waals surface area contributed by atoms with Crippen molar-refractivity contribution in [2.24, 2.45) is 0 Å². The molecular weight excluding hydrogens is 205 g/mol. The summed E-state index contributed by atoms with van der Waals surface area (Å²) in [6.07, 6.45) is 0.838. The van der Waals surface area contributed by atoms with Crippen LogP contribution in [0.15, 0.2) is 0 Å². The third-order valence-electron chi connectivity index (χ3n) is 1.30. The van der Waals surface area contributed by atoms with E-state index < -0.39 is 9.84 Å². The van der Waals surface area contributed by atoms with Gasteiger partial charge >= 0.3 is 0 Å². The second kappa shape index (κ2) is 5.72. The summed E-state index contributed by atoms with van der Waals surface area (Å²) in [5, 5.41) is 0. The van der Waals surface area contributed by atoms with Gasteiger partial charge in [-0.3, -0.25) is 0 Å². The van der Waals surface area contributed by atoms with Crippen molar-refractivity contribution in [3.63, 3.8) is 0 Å². The molecule has 0 N–H and O–H groups in total. The lowest BCUT2D eigenvalue weighted by atomic mass is 10.5. The van der Waals surface area contributed by atoms with Gasteiger partial charge in [0.15, 0.2) is 0 Å². The zero-order chi connectivity index (χ0) is 9.61. The van der Waals surface area contributed by atoms with Gasteiger partial charge < -0.3 is 0 Å². The van der Waals surface area contributed by atoms with Crippen molar-refractivity contribution >= 4 is 21.6 Å². The summed E-state index contributed by atoms with van der Waals surface area (Å²) >= 11 is 4.86. The molecule has 74 valence electrons. The summed E-state index contributed by atoms with van der Waals surface area (Å²) < 4.78 is 33.9. The predicted molar refractivity (Wildman–Crippen MR) is 47.2 cm³/mol.